The van der Waals surface area contributed by atoms with Crippen molar-refractivity contribution < 1.29 is 18.0 Å². The monoisotopic (exact) mass is 264 g/mol. The Balaban J connectivity index is 2.86. The molecule has 1 heterocycles. The molecule has 0 aliphatic carbocycles. The number of fused-ring (bicyclic) bond motifs is 1. The van der Waals surface area contributed by atoms with Crippen LogP contribution in [0.3, 0.4) is 0 Å². The van der Waals surface area contributed by atoms with Gasteiger partial charge in [0.2, 0.25) is 0 Å². The Labute approximate surface area is 97.4 Å². The molecule has 0 atom stereocenters. The lowest BCUT2D eigenvalue weighted by Crippen LogP contribution is -2.06. The molecule has 0 radical (unpaired) electrons. The van der Waals surface area contributed by atoms with Crippen LogP contribution in [0.2, 0.25) is 5.02 Å². The fourth-order valence-electron chi connectivity index (χ4n) is 1.46. The number of alkyl halides is 3. The first kappa shape index (κ1) is 11.4. The highest BCUT2D eigenvalue weighted by Gasteiger charge is 2.37. The van der Waals surface area contributed by atoms with E-state index in [0.717, 1.165) is 11.3 Å². The molecule has 0 saturated heterocycles. The third-order valence-corrected chi connectivity index (χ3v) is 3.40. The summed E-state index contributed by atoms with van der Waals surface area (Å²) >= 11 is 6.45. The summed E-state index contributed by atoms with van der Waals surface area (Å²) in [6, 6.07) is 4.20. The predicted molar refractivity (Wildman–Crippen MR) is 57.2 cm³/mol. The zero-order valence-corrected chi connectivity index (χ0v) is 9.21. The van der Waals surface area contributed by atoms with Gasteiger partial charge in [0.15, 0.2) is 6.29 Å². The minimum Gasteiger partial charge on any atom is -0.297 e. The van der Waals surface area contributed by atoms with E-state index in [4.69, 9.17) is 11.6 Å². The number of hydrogen-bond donors (Lipinski definition) is 0. The summed E-state index contributed by atoms with van der Waals surface area (Å²) in [5.41, 5.74) is -0.898. The summed E-state index contributed by atoms with van der Waals surface area (Å²) in [6.07, 6.45) is -4.32. The number of aldehydes is 1. The lowest BCUT2D eigenvalue weighted by Gasteiger charge is -2.05. The van der Waals surface area contributed by atoms with Crippen molar-refractivity contribution in [1.29, 1.82) is 0 Å². The summed E-state index contributed by atoms with van der Waals surface area (Å²) in [7, 11) is 0. The molecule has 2 aromatic rings. The molecule has 6 heteroatoms. The second-order valence-electron chi connectivity index (χ2n) is 3.10. The van der Waals surface area contributed by atoms with Gasteiger partial charge in [-0.05, 0) is 18.2 Å². The van der Waals surface area contributed by atoms with Crippen molar-refractivity contribution >= 4 is 39.3 Å². The molecule has 16 heavy (non-hydrogen) atoms. The van der Waals surface area contributed by atoms with Gasteiger partial charge < -0.3 is 0 Å². The van der Waals surface area contributed by atoms with Gasteiger partial charge in [-0.1, -0.05) is 11.6 Å². The number of thiophene rings is 1. The Morgan fingerprint density at radius 1 is 1.31 bits per heavy atom. The summed E-state index contributed by atoms with van der Waals surface area (Å²) in [5.74, 6) is 0. The lowest BCUT2D eigenvalue weighted by atomic mass is 10.1. The molecule has 0 fully saturated rings. The third-order valence-electron chi connectivity index (χ3n) is 2.07. The van der Waals surface area contributed by atoms with Gasteiger partial charge in [0.05, 0.1) is 10.4 Å². The van der Waals surface area contributed by atoms with Crippen molar-refractivity contribution in [2.24, 2.45) is 0 Å². The molecular formula is C10H4ClF3OS. The van der Waals surface area contributed by atoms with E-state index in [2.05, 4.69) is 0 Å². The van der Waals surface area contributed by atoms with Gasteiger partial charge in [-0.25, -0.2) is 0 Å². The smallest absolute Gasteiger partial charge is 0.297 e. The van der Waals surface area contributed by atoms with E-state index in [1.807, 2.05) is 0 Å². The Bertz CT molecular complexity index is 559. The fraction of sp³-hybridized carbons (Fsp3) is 0.100. The molecule has 1 aromatic heterocycles. The maximum absolute atomic E-state index is 12.7. The highest BCUT2D eigenvalue weighted by molar-refractivity contribution is 7.20. The third kappa shape index (κ3) is 1.81. The van der Waals surface area contributed by atoms with Crippen molar-refractivity contribution in [3.05, 3.63) is 33.7 Å². The quantitative estimate of drug-likeness (QED) is 0.698. The van der Waals surface area contributed by atoms with E-state index in [1.54, 1.807) is 0 Å². The van der Waals surface area contributed by atoms with Crippen molar-refractivity contribution in [3.8, 4) is 0 Å². The topological polar surface area (TPSA) is 17.1 Å². The Morgan fingerprint density at radius 2 is 2.00 bits per heavy atom. The van der Waals surface area contributed by atoms with Crippen LogP contribution in [0, 0.1) is 0 Å². The Kier molecular flexibility index (Phi) is 2.67. The molecular weight excluding hydrogens is 261 g/mol. The number of rotatable bonds is 1. The number of carbonyl (C=O) groups is 1. The Morgan fingerprint density at radius 3 is 2.56 bits per heavy atom. The fourth-order valence-corrected chi connectivity index (χ4v) is 2.66. The van der Waals surface area contributed by atoms with Gasteiger partial charge in [0.25, 0.3) is 0 Å². The second-order valence-corrected chi connectivity index (χ2v) is 4.62. The van der Waals surface area contributed by atoms with Crippen LogP contribution in [0.1, 0.15) is 15.2 Å². The summed E-state index contributed by atoms with van der Waals surface area (Å²) in [6.45, 7) is 0. The standard InChI is InChI=1S/C10H4ClF3OS/c11-5-1-2-7-6(3-5)9(10(12,13)14)8(4-15)16-7/h1-4H. The minimum atomic E-state index is -4.54. The molecule has 0 aliphatic rings. The molecule has 84 valence electrons. The van der Waals surface area contributed by atoms with Gasteiger partial charge in [0.1, 0.15) is 0 Å². The van der Waals surface area contributed by atoms with Gasteiger partial charge in [-0.3, -0.25) is 4.79 Å². The number of halogens is 4. The maximum atomic E-state index is 12.7. The van der Waals surface area contributed by atoms with Crippen LogP contribution in [0.15, 0.2) is 18.2 Å². The van der Waals surface area contributed by atoms with Gasteiger partial charge in [0, 0.05) is 15.1 Å². The van der Waals surface area contributed by atoms with E-state index >= 15 is 0 Å². The number of hydrogen-bond acceptors (Lipinski definition) is 2. The molecule has 0 N–H and O–H groups in total. The molecule has 0 saturated carbocycles. The van der Waals surface area contributed by atoms with Crippen molar-refractivity contribution in [2.75, 3.05) is 0 Å². The average molecular weight is 265 g/mol. The number of carbonyl (C=O) groups excluding carboxylic acids is 1. The maximum Gasteiger partial charge on any atom is 0.418 e. The van der Waals surface area contributed by atoms with E-state index in [1.165, 1.54) is 18.2 Å². The van der Waals surface area contributed by atoms with Crippen LogP contribution in [0.5, 0.6) is 0 Å². The van der Waals surface area contributed by atoms with Crippen LogP contribution < -0.4 is 0 Å². The van der Waals surface area contributed by atoms with E-state index in [0.29, 0.717) is 4.70 Å². The number of benzene rings is 1. The molecule has 0 amide bonds. The van der Waals surface area contributed by atoms with Gasteiger partial charge in [-0.2, -0.15) is 13.2 Å². The van der Waals surface area contributed by atoms with Gasteiger partial charge in [-0.15, -0.1) is 11.3 Å². The van der Waals surface area contributed by atoms with E-state index in [9.17, 15) is 18.0 Å². The highest BCUT2D eigenvalue weighted by Crippen LogP contribution is 2.42. The predicted octanol–water partition coefficient (Wildman–Crippen LogP) is 4.39. The van der Waals surface area contributed by atoms with Crippen LogP contribution in [0.4, 0.5) is 13.2 Å². The zero-order chi connectivity index (χ0) is 11.9. The minimum absolute atomic E-state index is 0.0212. The summed E-state index contributed by atoms with van der Waals surface area (Å²) in [5, 5.41) is 0.195. The molecule has 0 aliphatic heterocycles. The van der Waals surface area contributed by atoms with Crippen molar-refractivity contribution in [3.63, 3.8) is 0 Å². The van der Waals surface area contributed by atoms with E-state index in [-0.39, 0.29) is 21.6 Å². The first-order valence-electron chi connectivity index (χ1n) is 4.18. The molecule has 0 spiro atoms. The van der Waals surface area contributed by atoms with Crippen LogP contribution in [0.25, 0.3) is 10.1 Å². The SMILES string of the molecule is O=Cc1sc2ccc(Cl)cc2c1C(F)(F)F. The Hall–Kier alpha value is -1.07. The van der Waals surface area contributed by atoms with Crippen LogP contribution in [-0.2, 0) is 6.18 Å². The molecule has 2 rings (SSSR count). The first-order chi connectivity index (χ1) is 7.43. The van der Waals surface area contributed by atoms with Crippen LogP contribution in [-0.4, -0.2) is 6.29 Å². The molecule has 0 unspecified atom stereocenters. The highest BCUT2D eigenvalue weighted by atomic mass is 35.5. The molecule has 0 bridgehead atoms. The first-order valence-corrected chi connectivity index (χ1v) is 5.37. The summed E-state index contributed by atoms with van der Waals surface area (Å²) < 4.78 is 38.6. The van der Waals surface area contributed by atoms with E-state index < -0.39 is 11.7 Å². The van der Waals surface area contributed by atoms with Crippen LogP contribution >= 0.6 is 22.9 Å². The normalized spacial score (nSPS) is 12.0. The largest absolute Gasteiger partial charge is 0.418 e. The van der Waals surface area contributed by atoms with Gasteiger partial charge >= 0.3 is 6.18 Å². The average Bonchev–Trinajstić information content (AvgIpc) is 2.54. The molecule has 1 aromatic carbocycles. The second kappa shape index (κ2) is 3.75. The van der Waals surface area contributed by atoms with Crippen molar-refractivity contribution in [1.82, 2.24) is 0 Å². The van der Waals surface area contributed by atoms with Crippen molar-refractivity contribution in [2.45, 2.75) is 6.18 Å². The molecule has 1 nitrogen and oxygen atoms in total. The lowest BCUT2D eigenvalue weighted by molar-refractivity contribution is -0.136. The zero-order valence-electron chi connectivity index (χ0n) is 7.64. The summed E-state index contributed by atoms with van der Waals surface area (Å²) in [4.78, 5) is 10.3.